The summed E-state index contributed by atoms with van der Waals surface area (Å²) in [6.45, 7) is 3.91. The summed E-state index contributed by atoms with van der Waals surface area (Å²) in [5.74, 6) is -0.234. The summed E-state index contributed by atoms with van der Waals surface area (Å²) >= 11 is 0. The van der Waals surface area contributed by atoms with Crippen LogP contribution in [-0.4, -0.2) is 64.8 Å². The molecule has 7 nitrogen and oxygen atoms in total. The number of nitrogens with zero attached hydrogens (tertiary/aromatic N) is 6. The molecule has 5 rings (SSSR count). The van der Waals surface area contributed by atoms with Crippen molar-refractivity contribution in [3.63, 3.8) is 0 Å². The van der Waals surface area contributed by atoms with Crippen molar-refractivity contribution in [2.24, 2.45) is 0 Å². The number of piperidine rings is 1. The smallest absolute Gasteiger partial charge is 0.167 e. The lowest BCUT2D eigenvalue weighted by Gasteiger charge is -2.36. The fourth-order valence-electron chi connectivity index (χ4n) is 4.60. The fourth-order valence-corrected chi connectivity index (χ4v) is 4.60. The van der Waals surface area contributed by atoms with Gasteiger partial charge in [0.15, 0.2) is 17.2 Å². The van der Waals surface area contributed by atoms with Crippen LogP contribution in [-0.2, 0) is 0 Å². The fraction of sp³-hybridized carbons (Fsp3) is 0.375. The van der Waals surface area contributed by atoms with Crippen molar-refractivity contribution in [1.29, 1.82) is 0 Å². The van der Waals surface area contributed by atoms with Crippen LogP contribution in [0.15, 0.2) is 36.8 Å². The molecule has 0 unspecified atom stereocenters. The van der Waals surface area contributed by atoms with Crippen LogP contribution in [0.3, 0.4) is 0 Å². The van der Waals surface area contributed by atoms with Crippen LogP contribution in [0.25, 0.3) is 27.7 Å². The zero-order chi connectivity index (χ0) is 22.4. The van der Waals surface area contributed by atoms with Crippen molar-refractivity contribution in [1.82, 2.24) is 24.5 Å². The number of fused-ring (bicyclic) bond motifs is 2. The van der Waals surface area contributed by atoms with E-state index < -0.39 is 5.82 Å². The van der Waals surface area contributed by atoms with Gasteiger partial charge < -0.3 is 14.5 Å². The molecule has 0 bridgehead atoms. The molecule has 0 atom stereocenters. The Morgan fingerprint density at radius 1 is 1.09 bits per heavy atom. The van der Waals surface area contributed by atoms with Gasteiger partial charge in [-0.1, -0.05) is 0 Å². The van der Waals surface area contributed by atoms with Gasteiger partial charge in [-0.15, -0.1) is 0 Å². The van der Waals surface area contributed by atoms with Gasteiger partial charge in [0.25, 0.3) is 0 Å². The van der Waals surface area contributed by atoms with Crippen molar-refractivity contribution in [2.45, 2.75) is 25.8 Å². The third-order valence-corrected chi connectivity index (χ3v) is 6.40. The Morgan fingerprint density at radius 3 is 2.59 bits per heavy atom. The summed E-state index contributed by atoms with van der Waals surface area (Å²) in [7, 11) is 5.76. The molecule has 0 spiro atoms. The van der Waals surface area contributed by atoms with Crippen LogP contribution in [0.4, 0.5) is 10.1 Å². The predicted octanol–water partition coefficient (Wildman–Crippen LogP) is 3.93. The monoisotopic (exact) mass is 434 g/mol. The first-order chi connectivity index (χ1) is 15.4. The molecule has 1 aliphatic heterocycles. The predicted molar refractivity (Wildman–Crippen MR) is 124 cm³/mol. The van der Waals surface area contributed by atoms with E-state index in [2.05, 4.69) is 34.0 Å². The molecule has 4 heterocycles. The second-order valence-corrected chi connectivity index (χ2v) is 8.64. The highest BCUT2D eigenvalue weighted by Gasteiger charge is 2.22. The zero-order valence-corrected chi connectivity index (χ0v) is 18.8. The highest BCUT2D eigenvalue weighted by Crippen LogP contribution is 2.34. The number of halogens is 1. The lowest BCUT2D eigenvalue weighted by molar-refractivity contribution is 0.249. The van der Waals surface area contributed by atoms with Gasteiger partial charge in [-0.05, 0) is 51.6 Å². The molecule has 32 heavy (non-hydrogen) atoms. The minimum absolute atomic E-state index is 0.192. The van der Waals surface area contributed by atoms with Gasteiger partial charge in [-0.2, -0.15) is 5.10 Å². The van der Waals surface area contributed by atoms with Gasteiger partial charge in [0.05, 0.1) is 36.9 Å². The van der Waals surface area contributed by atoms with E-state index in [9.17, 15) is 4.39 Å². The minimum Gasteiger partial charge on any atom is -0.494 e. The summed E-state index contributed by atoms with van der Waals surface area (Å²) < 4.78 is 21.3. The van der Waals surface area contributed by atoms with E-state index in [1.807, 2.05) is 36.1 Å². The highest BCUT2D eigenvalue weighted by molar-refractivity contribution is 5.98. The van der Waals surface area contributed by atoms with Crippen molar-refractivity contribution < 1.29 is 9.13 Å². The molecule has 166 valence electrons. The van der Waals surface area contributed by atoms with E-state index in [4.69, 9.17) is 9.72 Å². The third-order valence-electron chi connectivity index (χ3n) is 6.40. The van der Waals surface area contributed by atoms with E-state index in [1.54, 1.807) is 6.07 Å². The molecular formula is C24H27FN6O. The summed E-state index contributed by atoms with van der Waals surface area (Å²) in [6.07, 6.45) is 8.05. The van der Waals surface area contributed by atoms with Crippen LogP contribution in [0, 0.1) is 12.7 Å². The second kappa shape index (κ2) is 8.02. The van der Waals surface area contributed by atoms with E-state index in [0.717, 1.165) is 59.5 Å². The molecule has 0 radical (unpaired) electrons. The number of aryl methyl sites for hydroxylation is 1. The van der Waals surface area contributed by atoms with Crippen LogP contribution in [0.1, 0.15) is 18.5 Å². The Balaban J connectivity index is 1.54. The number of benzene rings is 1. The Morgan fingerprint density at radius 2 is 1.88 bits per heavy atom. The van der Waals surface area contributed by atoms with Crippen LogP contribution >= 0.6 is 0 Å². The zero-order valence-electron chi connectivity index (χ0n) is 18.8. The summed E-state index contributed by atoms with van der Waals surface area (Å²) in [5, 5.41) is 5.39. The summed E-state index contributed by atoms with van der Waals surface area (Å²) in [5.41, 5.74) is 5.01. The molecule has 8 heteroatoms. The number of rotatable bonds is 4. The van der Waals surface area contributed by atoms with Crippen molar-refractivity contribution in [3.8, 4) is 16.9 Å². The van der Waals surface area contributed by atoms with Crippen LogP contribution in [0.2, 0.25) is 0 Å². The van der Waals surface area contributed by atoms with Gasteiger partial charge in [0.2, 0.25) is 0 Å². The molecule has 1 aromatic carbocycles. The number of hydrogen-bond acceptors (Lipinski definition) is 6. The number of anilines is 1. The van der Waals surface area contributed by atoms with E-state index >= 15 is 0 Å². The maximum Gasteiger partial charge on any atom is 0.167 e. The van der Waals surface area contributed by atoms with Crippen LogP contribution in [0.5, 0.6) is 5.75 Å². The van der Waals surface area contributed by atoms with E-state index in [1.165, 1.54) is 13.2 Å². The second-order valence-electron chi connectivity index (χ2n) is 8.64. The van der Waals surface area contributed by atoms with Gasteiger partial charge >= 0.3 is 0 Å². The first-order valence-corrected chi connectivity index (χ1v) is 10.8. The van der Waals surface area contributed by atoms with Gasteiger partial charge in [0.1, 0.15) is 0 Å². The first kappa shape index (κ1) is 20.6. The van der Waals surface area contributed by atoms with Gasteiger partial charge in [-0.3, -0.25) is 4.98 Å². The molecular weight excluding hydrogens is 407 g/mol. The number of aromatic nitrogens is 4. The molecule has 0 N–H and O–H groups in total. The molecule has 1 saturated heterocycles. The maximum atomic E-state index is 14.3. The van der Waals surface area contributed by atoms with Crippen molar-refractivity contribution in [3.05, 3.63) is 48.3 Å². The third kappa shape index (κ3) is 3.54. The average molecular weight is 435 g/mol. The molecule has 3 aromatic heterocycles. The number of hydrogen-bond donors (Lipinski definition) is 0. The summed E-state index contributed by atoms with van der Waals surface area (Å²) in [4.78, 5) is 13.9. The Bertz CT molecular complexity index is 1290. The SMILES string of the molecule is COc1cc2c(-c3cnn4cc(N5CCC(N(C)C)CC5)cnc34)cc(C)nc2cc1F. The lowest BCUT2D eigenvalue weighted by atomic mass is 10.0. The molecule has 0 amide bonds. The van der Waals surface area contributed by atoms with Crippen molar-refractivity contribution >= 4 is 22.2 Å². The quantitative estimate of drug-likeness (QED) is 0.485. The first-order valence-electron chi connectivity index (χ1n) is 10.8. The van der Waals surface area contributed by atoms with E-state index in [-0.39, 0.29) is 5.75 Å². The molecule has 0 aliphatic carbocycles. The Labute approximate surface area is 186 Å². The number of methoxy groups -OCH3 is 1. The molecule has 0 saturated carbocycles. The normalized spacial score (nSPS) is 15.2. The molecule has 1 fully saturated rings. The molecule has 4 aromatic rings. The maximum absolute atomic E-state index is 14.3. The lowest BCUT2D eigenvalue weighted by Crippen LogP contribution is -2.42. The van der Waals surface area contributed by atoms with Crippen molar-refractivity contribution in [2.75, 3.05) is 39.2 Å². The topological polar surface area (TPSA) is 58.8 Å². The minimum atomic E-state index is -0.426. The molecule has 1 aliphatic rings. The van der Waals surface area contributed by atoms with Gasteiger partial charge in [-0.25, -0.2) is 13.9 Å². The average Bonchev–Trinajstić information content (AvgIpc) is 3.21. The largest absolute Gasteiger partial charge is 0.494 e. The highest BCUT2D eigenvalue weighted by atomic mass is 19.1. The standard InChI is InChI=1S/C24H27FN6O/c1-15-9-18(19-10-23(32-4)21(25)11-22(19)28-15)20-13-27-31-14-17(12-26-24(20)31)30-7-5-16(6-8-30)29(2)3/h9-14,16H,5-8H2,1-4H3. The van der Waals surface area contributed by atoms with E-state index in [0.29, 0.717) is 11.6 Å². The summed E-state index contributed by atoms with van der Waals surface area (Å²) in [6, 6.07) is 5.72. The number of ether oxygens (including phenoxy) is 1. The Hall–Kier alpha value is -3.26. The Kier molecular flexibility index (Phi) is 5.17. The number of pyridine rings is 1. The van der Waals surface area contributed by atoms with Crippen LogP contribution < -0.4 is 9.64 Å². The van der Waals surface area contributed by atoms with Gasteiger partial charge in [0, 0.05) is 41.8 Å².